The van der Waals surface area contributed by atoms with E-state index < -0.39 is 0 Å². The van der Waals surface area contributed by atoms with Gasteiger partial charge in [0.2, 0.25) is 0 Å². The minimum atomic E-state index is -0.160. The van der Waals surface area contributed by atoms with Gasteiger partial charge < -0.3 is 15.3 Å². The molecule has 0 saturated carbocycles. The van der Waals surface area contributed by atoms with Crippen molar-refractivity contribution in [3.8, 4) is 11.3 Å². The number of rotatable bonds is 6. The number of benzene rings is 1. The number of likely N-dealkylation sites (tertiary alicyclic amines) is 1. The normalized spacial score (nSPS) is 18.1. The maximum absolute atomic E-state index is 9.80. The lowest BCUT2D eigenvalue weighted by atomic mass is 10.1. The molecular formula is C21H27N5O. The molecule has 142 valence electrons. The number of aliphatic hydroxyl groups is 1. The zero-order valence-corrected chi connectivity index (χ0v) is 15.8. The number of nitrogens with one attached hydrogen (secondary N) is 1. The van der Waals surface area contributed by atoms with E-state index in [2.05, 4.69) is 33.5 Å². The maximum atomic E-state index is 9.80. The molecule has 1 aromatic carbocycles. The van der Waals surface area contributed by atoms with Gasteiger partial charge in [-0.1, -0.05) is 30.3 Å². The average Bonchev–Trinajstić information content (AvgIpc) is 3.06. The SMILES string of the molecule is Cc1cc2nc(-c3ccccc3)cc(NCCCN3CCC[C@@H](O)C3)n2n1. The minimum absolute atomic E-state index is 0.160. The Balaban J connectivity index is 1.47. The zero-order chi connectivity index (χ0) is 18.6. The summed E-state index contributed by atoms with van der Waals surface area (Å²) in [5, 5.41) is 17.9. The van der Waals surface area contributed by atoms with E-state index in [0.717, 1.165) is 73.9 Å². The molecule has 0 radical (unpaired) electrons. The number of aliphatic hydroxyl groups excluding tert-OH is 1. The van der Waals surface area contributed by atoms with Gasteiger partial charge >= 0.3 is 0 Å². The summed E-state index contributed by atoms with van der Waals surface area (Å²) in [5.41, 5.74) is 3.86. The first-order chi connectivity index (χ1) is 13.2. The van der Waals surface area contributed by atoms with Crippen LogP contribution in [-0.2, 0) is 0 Å². The minimum Gasteiger partial charge on any atom is -0.392 e. The third-order valence-corrected chi connectivity index (χ3v) is 5.06. The highest BCUT2D eigenvalue weighted by atomic mass is 16.3. The summed E-state index contributed by atoms with van der Waals surface area (Å²) in [7, 11) is 0. The molecule has 6 nitrogen and oxygen atoms in total. The molecule has 0 spiro atoms. The van der Waals surface area contributed by atoms with Crippen LogP contribution >= 0.6 is 0 Å². The number of piperidine rings is 1. The quantitative estimate of drug-likeness (QED) is 0.658. The summed E-state index contributed by atoms with van der Waals surface area (Å²) in [6.45, 7) is 5.74. The third-order valence-electron chi connectivity index (χ3n) is 5.06. The van der Waals surface area contributed by atoms with E-state index in [1.807, 2.05) is 35.7 Å². The molecule has 2 N–H and O–H groups in total. The second-order valence-corrected chi connectivity index (χ2v) is 7.33. The molecule has 0 aliphatic carbocycles. The van der Waals surface area contributed by atoms with Crippen molar-refractivity contribution in [3.05, 3.63) is 48.2 Å². The Morgan fingerprint density at radius 2 is 2.07 bits per heavy atom. The molecule has 1 aliphatic heterocycles. The van der Waals surface area contributed by atoms with Crippen molar-refractivity contribution in [3.63, 3.8) is 0 Å². The number of hydrogen-bond acceptors (Lipinski definition) is 5. The lowest BCUT2D eigenvalue weighted by molar-refractivity contribution is 0.0706. The zero-order valence-electron chi connectivity index (χ0n) is 15.8. The molecule has 0 bridgehead atoms. The predicted molar refractivity (Wildman–Crippen MR) is 108 cm³/mol. The predicted octanol–water partition coefficient (Wildman–Crippen LogP) is 2.96. The monoisotopic (exact) mass is 365 g/mol. The van der Waals surface area contributed by atoms with Crippen LogP contribution in [0.15, 0.2) is 42.5 Å². The fourth-order valence-electron chi connectivity index (χ4n) is 3.73. The van der Waals surface area contributed by atoms with Crippen molar-refractivity contribution >= 4 is 11.5 Å². The Morgan fingerprint density at radius 1 is 1.22 bits per heavy atom. The van der Waals surface area contributed by atoms with Gasteiger partial charge in [0.15, 0.2) is 5.65 Å². The number of nitrogens with zero attached hydrogens (tertiary/aromatic N) is 4. The Bertz CT molecular complexity index is 892. The first kappa shape index (κ1) is 17.9. The number of aryl methyl sites for hydroxylation is 1. The van der Waals surface area contributed by atoms with E-state index in [-0.39, 0.29) is 6.10 Å². The molecule has 1 atom stereocenters. The van der Waals surface area contributed by atoms with Crippen molar-refractivity contribution in [2.45, 2.75) is 32.3 Å². The van der Waals surface area contributed by atoms with Crippen LogP contribution in [0.3, 0.4) is 0 Å². The Morgan fingerprint density at radius 3 is 2.89 bits per heavy atom. The lowest BCUT2D eigenvalue weighted by Gasteiger charge is -2.29. The summed E-state index contributed by atoms with van der Waals surface area (Å²) in [6.07, 6.45) is 2.89. The van der Waals surface area contributed by atoms with Crippen molar-refractivity contribution in [1.29, 1.82) is 0 Å². The van der Waals surface area contributed by atoms with E-state index in [1.54, 1.807) is 0 Å². The largest absolute Gasteiger partial charge is 0.392 e. The second-order valence-electron chi connectivity index (χ2n) is 7.33. The molecule has 1 fully saturated rings. The van der Waals surface area contributed by atoms with Crippen molar-refractivity contribution < 1.29 is 5.11 Å². The molecule has 2 aromatic heterocycles. The van der Waals surface area contributed by atoms with Gasteiger partial charge in [0.1, 0.15) is 5.82 Å². The summed E-state index contributed by atoms with van der Waals surface area (Å²) in [6, 6.07) is 14.3. The number of fused-ring (bicyclic) bond motifs is 1. The smallest absolute Gasteiger partial charge is 0.158 e. The first-order valence-corrected chi connectivity index (χ1v) is 9.76. The molecule has 3 aromatic rings. The fraction of sp³-hybridized carbons (Fsp3) is 0.429. The van der Waals surface area contributed by atoms with Gasteiger partial charge in [-0.3, -0.25) is 0 Å². The number of hydrogen-bond donors (Lipinski definition) is 2. The van der Waals surface area contributed by atoms with Gasteiger partial charge in [0.25, 0.3) is 0 Å². The first-order valence-electron chi connectivity index (χ1n) is 9.76. The molecule has 6 heteroatoms. The summed E-state index contributed by atoms with van der Waals surface area (Å²) < 4.78 is 1.88. The molecule has 4 rings (SSSR count). The molecule has 27 heavy (non-hydrogen) atoms. The van der Waals surface area contributed by atoms with Crippen LogP contribution in [0.25, 0.3) is 16.9 Å². The van der Waals surface area contributed by atoms with Crippen molar-refractivity contribution in [2.24, 2.45) is 0 Å². The van der Waals surface area contributed by atoms with Crippen LogP contribution in [0.1, 0.15) is 25.0 Å². The molecule has 1 saturated heterocycles. The highest BCUT2D eigenvalue weighted by Gasteiger charge is 2.17. The van der Waals surface area contributed by atoms with Gasteiger partial charge in [-0.05, 0) is 39.3 Å². The number of aromatic nitrogens is 3. The summed E-state index contributed by atoms with van der Waals surface area (Å²) in [5.74, 6) is 0.964. The van der Waals surface area contributed by atoms with Crippen LogP contribution in [0.5, 0.6) is 0 Å². The van der Waals surface area contributed by atoms with Crippen LogP contribution in [0.2, 0.25) is 0 Å². The fourth-order valence-corrected chi connectivity index (χ4v) is 3.73. The van der Waals surface area contributed by atoms with E-state index in [1.165, 1.54) is 0 Å². The van der Waals surface area contributed by atoms with Gasteiger partial charge in [-0.15, -0.1) is 0 Å². The van der Waals surface area contributed by atoms with Gasteiger partial charge in [-0.2, -0.15) is 9.61 Å². The van der Waals surface area contributed by atoms with Crippen LogP contribution in [0.4, 0.5) is 5.82 Å². The Hall–Kier alpha value is -2.44. The molecule has 1 aliphatic rings. The molecular weight excluding hydrogens is 338 g/mol. The van der Waals surface area contributed by atoms with Gasteiger partial charge in [0, 0.05) is 30.8 Å². The molecule has 0 amide bonds. The highest BCUT2D eigenvalue weighted by molar-refractivity contribution is 5.66. The second kappa shape index (κ2) is 8.06. The number of β-amino-alcohol motifs (C(OH)–C–C–N with tert-alkyl or cyclic N) is 1. The third kappa shape index (κ3) is 4.28. The van der Waals surface area contributed by atoms with Crippen LogP contribution in [0, 0.1) is 6.92 Å². The van der Waals surface area contributed by atoms with E-state index in [0.29, 0.717) is 0 Å². The Labute approximate surface area is 159 Å². The van der Waals surface area contributed by atoms with Crippen molar-refractivity contribution in [2.75, 3.05) is 31.5 Å². The van der Waals surface area contributed by atoms with Crippen LogP contribution < -0.4 is 5.32 Å². The topological polar surface area (TPSA) is 65.7 Å². The maximum Gasteiger partial charge on any atom is 0.158 e. The molecule has 3 heterocycles. The van der Waals surface area contributed by atoms with Crippen LogP contribution in [-0.4, -0.2) is 56.9 Å². The van der Waals surface area contributed by atoms with Gasteiger partial charge in [0.05, 0.1) is 17.5 Å². The summed E-state index contributed by atoms with van der Waals surface area (Å²) in [4.78, 5) is 7.11. The van der Waals surface area contributed by atoms with Gasteiger partial charge in [-0.25, -0.2) is 4.98 Å². The van der Waals surface area contributed by atoms with E-state index in [9.17, 15) is 5.11 Å². The standard InChI is InChI=1S/C21H27N5O/c1-16-13-21-23-19(17-7-3-2-4-8-17)14-20(26(21)24-16)22-10-6-12-25-11-5-9-18(27)15-25/h2-4,7-8,13-14,18,22,27H,5-6,9-12,15H2,1H3/t18-/m1/s1. The highest BCUT2D eigenvalue weighted by Crippen LogP contribution is 2.22. The Kier molecular flexibility index (Phi) is 5.36. The van der Waals surface area contributed by atoms with E-state index >= 15 is 0 Å². The average molecular weight is 365 g/mol. The summed E-state index contributed by atoms with van der Waals surface area (Å²) >= 11 is 0. The molecule has 0 unspecified atom stereocenters. The number of anilines is 1. The van der Waals surface area contributed by atoms with E-state index in [4.69, 9.17) is 4.98 Å². The van der Waals surface area contributed by atoms with Crippen molar-refractivity contribution in [1.82, 2.24) is 19.5 Å². The lowest BCUT2D eigenvalue weighted by Crippen LogP contribution is -2.39.